The molecule has 0 saturated carbocycles. The van der Waals surface area contributed by atoms with Gasteiger partial charge in [0.25, 0.3) is 0 Å². The minimum Gasteiger partial charge on any atom is -0.215 e. The maximum Gasteiger partial charge on any atom is 0.0601 e. The largest absolute Gasteiger partial charge is 0.215 e. The highest BCUT2D eigenvalue weighted by Crippen LogP contribution is 2.24. The van der Waals surface area contributed by atoms with E-state index in [-0.39, 0.29) is 0 Å². The van der Waals surface area contributed by atoms with Gasteiger partial charge >= 0.3 is 0 Å². The second kappa shape index (κ2) is 3.79. The SMILES string of the molecule is CC1=CCC(c2ccccc2)=NS1. The van der Waals surface area contributed by atoms with Crippen LogP contribution in [0.1, 0.15) is 18.9 Å². The Kier molecular flexibility index (Phi) is 2.50. The van der Waals surface area contributed by atoms with Crippen LogP contribution in [0.3, 0.4) is 0 Å². The number of rotatable bonds is 1. The summed E-state index contributed by atoms with van der Waals surface area (Å²) in [5.41, 5.74) is 2.41. The molecule has 0 aliphatic carbocycles. The van der Waals surface area contributed by atoms with Crippen molar-refractivity contribution in [2.24, 2.45) is 4.40 Å². The van der Waals surface area contributed by atoms with E-state index in [4.69, 9.17) is 0 Å². The van der Waals surface area contributed by atoms with Crippen LogP contribution in [0.5, 0.6) is 0 Å². The van der Waals surface area contributed by atoms with Crippen molar-refractivity contribution in [3.8, 4) is 0 Å². The van der Waals surface area contributed by atoms with Gasteiger partial charge in [-0.1, -0.05) is 36.4 Å². The van der Waals surface area contributed by atoms with Crippen LogP contribution in [0.4, 0.5) is 0 Å². The Labute approximate surface area is 82.7 Å². The van der Waals surface area contributed by atoms with Crippen molar-refractivity contribution >= 4 is 17.7 Å². The molecule has 1 nitrogen and oxygen atoms in total. The zero-order valence-corrected chi connectivity index (χ0v) is 8.34. The molecule has 0 fully saturated rings. The maximum absolute atomic E-state index is 4.45. The number of benzene rings is 1. The van der Waals surface area contributed by atoms with E-state index in [1.165, 1.54) is 16.2 Å². The molecule has 0 spiro atoms. The quantitative estimate of drug-likeness (QED) is 0.616. The average molecular weight is 189 g/mol. The van der Waals surface area contributed by atoms with E-state index in [9.17, 15) is 0 Å². The van der Waals surface area contributed by atoms with Crippen molar-refractivity contribution in [3.05, 3.63) is 46.9 Å². The predicted molar refractivity (Wildman–Crippen MR) is 58.9 cm³/mol. The van der Waals surface area contributed by atoms with Gasteiger partial charge in [0.15, 0.2) is 0 Å². The van der Waals surface area contributed by atoms with Gasteiger partial charge in [0.05, 0.1) is 5.71 Å². The van der Waals surface area contributed by atoms with Crippen molar-refractivity contribution in [1.29, 1.82) is 0 Å². The molecule has 1 aliphatic rings. The number of allylic oxidation sites excluding steroid dienone is 2. The lowest BCUT2D eigenvalue weighted by atomic mass is 10.1. The van der Waals surface area contributed by atoms with Gasteiger partial charge in [-0.3, -0.25) is 0 Å². The minimum absolute atomic E-state index is 0.961. The van der Waals surface area contributed by atoms with Gasteiger partial charge in [-0.2, -0.15) is 0 Å². The van der Waals surface area contributed by atoms with Crippen LogP contribution in [0, 0.1) is 0 Å². The van der Waals surface area contributed by atoms with E-state index in [0.29, 0.717) is 0 Å². The summed E-state index contributed by atoms with van der Waals surface area (Å²) in [4.78, 5) is 1.29. The van der Waals surface area contributed by atoms with Crippen molar-refractivity contribution in [3.63, 3.8) is 0 Å². The standard InChI is InChI=1S/C11H11NS/c1-9-7-8-11(12-13-9)10-5-3-2-4-6-10/h2-7H,8H2,1H3. The molecule has 0 unspecified atom stereocenters. The van der Waals surface area contributed by atoms with Gasteiger partial charge in [-0.15, -0.1) is 0 Å². The molecule has 0 saturated heterocycles. The summed E-state index contributed by atoms with van der Waals surface area (Å²) in [7, 11) is 0. The van der Waals surface area contributed by atoms with Crippen LogP contribution in [0.2, 0.25) is 0 Å². The molecule has 1 aromatic carbocycles. The fourth-order valence-electron chi connectivity index (χ4n) is 1.24. The van der Waals surface area contributed by atoms with Gasteiger partial charge in [0.1, 0.15) is 0 Å². The second-order valence-corrected chi connectivity index (χ2v) is 4.02. The summed E-state index contributed by atoms with van der Waals surface area (Å²) in [6.45, 7) is 2.09. The summed E-state index contributed by atoms with van der Waals surface area (Å²) < 4.78 is 4.45. The molecule has 0 radical (unpaired) electrons. The Morgan fingerprint density at radius 1 is 1.23 bits per heavy atom. The third-order valence-electron chi connectivity index (χ3n) is 1.99. The second-order valence-electron chi connectivity index (χ2n) is 3.01. The zero-order chi connectivity index (χ0) is 9.10. The first-order valence-corrected chi connectivity index (χ1v) is 5.09. The van der Waals surface area contributed by atoms with Gasteiger partial charge in [0, 0.05) is 23.3 Å². The third kappa shape index (κ3) is 2.01. The van der Waals surface area contributed by atoms with Gasteiger partial charge < -0.3 is 0 Å². The van der Waals surface area contributed by atoms with Crippen molar-refractivity contribution in [2.75, 3.05) is 0 Å². The molecule has 0 bridgehead atoms. The molecular weight excluding hydrogens is 178 g/mol. The average Bonchev–Trinajstić information content (AvgIpc) is 2.20. The lowest BCUT2D eigenvalue weighted by Crippen LogP contribution is -2.00. The minimum atomic E-state index is 0.961. The normalized spacial score (nSPS) is 16.4. The van der Waals surface area contributed by atoms with E-state index in [0.717, 1.165) is 6.42 Å². The van der Waals surface area contributed by atoms with Crippen molar-refractivity contribution in [2.45, 2.75) is 13.3 Å². The van der Waals surface area contributed by atoms with Crippen molar-refractivity contribution < 1.29 is 0 Å². The smallest absolute Gasteiger partial charge is 0.0601 e. The monoisotopic (exact) mass is 189 g/mol. The Morgan fingerprint density at radius 3 is 2.62 bits per heavy atom. The summed E-state index contributed by atoms with van der Waals surface area (Å²) in [6, 6.07) is 10.3. The third-order valence-corrected chi connectivity index (χ3v) is 2.76. The Morgan fingerprint density at radius 2 is 2.00 bits per heavy atom. The first-order valence-electron chi connectivity index (χ1n) is 4.32. The fraction of sp³-hybridized carbons (Fsp3) is 0.182. The first-order chi connectivity index (χ1) is 6.36. The Hall–Kier alpha value is -1.02. The van der Waals surface area contributed by atoms with Crippen LogP contribution in [-0.2, 0) is 0 Å². The molecule has 0 aromatic heterocycles. The first kappa shape index (κ1) is 8.57. The molecule has 0 amide bonds. The van der Waals surface area contributed by atoms with Gasteiger partial charge in [0.2, 0.25) is 0 Å². The topological polar surface area (TPSA) is 12.4 Å². The summed E-state index contributed by atoms with van der Waals surface area (Å²) >= 11 is 1.57. The predicted octanol–water partition coefficient (Wildman–Crippen LogP) is 3.43. The molecule has 0 atom stereocenters. The van der Waals surface area contributed by atoms with Gasteiger partial charge in [-0.05, 0) is 12.5 Å². The molecule has 1 aliphatic heterocycles. The molecule has 66 valence electrons. The Balaban J connectivity index is 2.21. The molecule has 1 aromatic rings. The molecule has 0 N–H and O–H groups in total. The fourth-order valence-corrected chi connectivity index (χ4v) is 1.84. The van der Waals surface area contributed by atoms with E-state index < -0.39 is 0 Å². The highest BCUT2D eigenvalue weighted by atomic mass is 32.2. The molecule has 2 heteroatoms. The lowest BCUT2D eigenvalue weighted by molar-refractivity contribution is 1.39. The highest BCUT2D eigenvalue weighted by Gasteiger charge is 2.06. The molecule has 1 heterocycles. The summed E-state index contributed by atoms with van der Waals surface area (Å²) in [5.74, 6) is 0. The van der Waals surface area contributed by atoms with Crippen LogP contribution in [0.15, 0.2) is 45.7 Å². The zero-order valence-electron chi connectivity index (χ0n) is 7.53. The number of hydrogen-bond acceptors (Lipinski definition) is 2. The van der Waals surface area contributed by atoms with E-state index in [2.05, 4.69) is 29.5 Å². The van der Waals surface area contributed by atoms with Crippen LogP contribution >= 0.6 is 11.9 Å². The molecule has 13 heavy (non-hydrogen) atoms. The molecule has 2 rings (SSSR count). The van der Waals surface area contributed by atoms with Crippen LogP contribution < -0.4 is 0 Å². The van der Waals surface area contributed by atoms with Crippen LogP contribution in [0.25, 0.3) is 0 Å². The number of nitrogens with zero attached hydrogens (tertiary/aromatic N) is 1. The highest BCUT2D eigenvalue weighted by molar-refractivity contribution is 8.02. The van der Waals surface area contributed by atoms with E-state index in [1.54, 1.807) is 11.9 Å². The maximum atomic E-state index is 4.45. The summed E-state index contributed by atoms with van der Waals surface area (Å²) in [6.07, 6.45) is 3.18. The van der Waals surface area contributed by atoms with Crippen LogP contribution in [-0.4, -0.2) is 5.71 Å². The van der Waals surface area contributed by atoms with Crippen molar-refractivity contribution in [1.82, 2.24) is 0 Å². The number of hydrogen-bond donors (Lipinski definition) is 0. The summed E-state index contributed by atoms with van der Waals surface area (Å²) in [5, 5.41) is 0. The Bertz CT molecular complexity index is 352. The van der Waals surface area contributed by atoms with E-state index >= 15 is 0 Å². The lowest BCUT2D eigenvalue weighted by Gasteiger charge is -2.08. The van der Waals surface area contributed by atoms with E-state index in [1.807, 2.05) is 18.2 Å². The van der Waals surface area contributed by atoms with Gasteiger partial charge in [-0.25, -0.2) is 4.40 Å². The molecular formula is C11H11NS.